The fourth-order valence-corrected chi connectivity index (χ4v) is 3.31. The smallest absolute Gasteiger partial charge is 0.267 e. The standard InChI is InChI=1S/C13H19ClN2O3S/c1-8-3-4-10(5-9(8)2)16-13(17)12-6-11(7-15-12)20(14,18)19/h6-10,15H,3-5H2,1-2H3,(H,16,17). The zero-order valence-electron chi connectivity index (χ0n) is 11.5. The second kappa shape index (κ2) is 5.77. The summed E-state index contributed by atoms with van der Waals surface area (Å²) in [6.45, 7) is 4.42. The molecule has 1 aromatic heterocycles. The molecular formula is C13H19ClN2O3S. The monoisotopic (exact) mass is 318 g/mol. The van der Waals surface area contributed by atoms with Crippen LogP contribution in [0.2, 0.25) is 0 Å². The Labute approximate surface area is 123 Å². The quantitative estimate of drug-likeness (QED) is 0.840. The topological polar surface area (TPSA) is 79.0 Å². The average molecular weight is 319 g/mol. The molecule has 112 valence electrons. The van der Waals surface area contributed by atoms with E-state index in [4.69, 9.17) is 10.7 Å². The molecule has 3 atom stereocenters. The molecule has 1 saturated carbocycles. The van der Waals surface area contributed by atoms with E-state index in [0.717, 1.165) is 19.3 Å². The lowest BCUT2D eigenvalue weighted by Gasteiger charge is -2.32. The lowest BCUT2D eigenvalue weighted by Crippen LogP contribution is -2.39. The van der Waals surface area contributed by atoms with Crippen molar-refractivity contribution < 1.29 is 13.2 Å². The molecule has 2 N–H and O–H groups in total. The summed E-state index contributed by atoms with van der Waals surface area (Å²) in [5.74, 6) is 0.974. The van der Waals surface area contributed by atoms with Gasteiger partial charge in [0.2, 0.25) is 0 Å². The number of carbonyl (C=O) groups is 1. The van der Waals surface area contributed by atoms with Crippen molar-refractivity contribution in [2.75, 3.05) is 0 Å². The van der Waals surface area contributed by atoms with Gasteiger partial charge in [-0.15, -0.1) is 0 Å². The van der Waals surface area contributed by atoms with Gasteiger partial charge in [-0.05, 0) is 37.2 Å². The van der Waals surface area contributed by atoms with Crippen molar-refractivity contribution in [3.8, 4) is 0 Å². The number of amides is 1. The van der Waals surface area contributed by atoms with Crippen LogP contribution in [0.15, 0.2) is 17.2 Å². The second-order valence-corrected chi connectivity index (χ2v) is 8.19. The van der Waals surface area contributed by atoms with Crippen molar-refractivity contribution in [3.05, 3.63) is 18.0 Å². The first-order valence-corrected chi connectivity index (χ1v) is 9.02. The number of aromatic amines is 1. The van der Waals surface area contributed by atoms with E-state index in [2.05, 4.69) is 24.1 Å². The van der Waals surface area contributed by atoms with Gasteiger partial charge in [-0.2, -0.15) is 0 Å². The molecule has 0 spiro atoms. The van der Waals surface area contributed by atoms with Crippen LogP contribution in [0, 0.1) is 11.8 Å². The van der Waals surface area contributed by atoms with Crippen molar-refractivity contribution in [1.29, 1.82) is 0 Å². The van der Waals surface area contributed by atoms with Gasteiger partial charge >= 0.3 is 0 Å². The highest BCUT2D eigenvalue weighted by Crippen LogP contribution is 2.29. The van der Waals surface area contributed by atoms with Crippen LogP contribution >= 0.6 is 10.7 Å². The summed E-state index contributed by atoms with van der Waals surface area (Å²) in [5, 5.41) is 2.94. The molecule has 1 fully saturated rings. The van der Waals surface area contributed by atoms with E-state index in [-0.39, 0.29) is 22.5 Å². The highest BCUT2D eigenvalue weighted by molar-refractivity contribution is 8.13. The first kappa shape index (κ1) is 15.4. The first-order valence-electron chi connectivity index (χ1n) is 6.71. The van der Waals surface area contributed by atoms with Gasteiger partial charge in [-0.1, -0.05) is 13.8 Å². The van der Waals surface area contributed by atoms with Crippen molar-refractivity contribution in [2.45, 2.75) is 44.0 Å². The van der Waals surface area contributed by atoms with Crippen LogP contribution in [0.4, 0.5) is 0 Å². The van der Waals surface area contributed by atoms with Gasteiger partial charge in [0, 0.05) is 22.9 Å². The zero-order valence-corrected chi connectivity index (χ0v) is 13.1. The molecule has 1 aliphatic carbocycles. The Morgan fingerprint density at radius 2 is 2.05 bits per heavy atom. The lowest BCUT2D eigenvalue weighted by atomic mass is 9.79. The third kappa shape index (κ3) is 3.55. The maximum Gasteiger partial charge on any atom is 0.267 e. The number of H-pyrrole nitrogens is 1. The predicted octanol–water partition coefficient (Wildman–Crippen LogP) is 2.50. The summed E-state index contributed by atoms with van der Waals surface area (Å²) >= 11 is 0. The molecule has 0 aliphatic heterocycles. The van der Waals surface area contributed by atoms with E-state index >= 15 is 0 Å². The van der Waals surface area contributed by atoms with Crippen LogP contribution in [-0.4, -0.2) is 25.4 Å². The fourth-order valence-electron chi connectivity index (χ4n) is 2.59. The minimum Gasteiger partial charge on any atom is -0.356 e. The van der Waals surface area contributed by atoms with E-state index in [1.54, 1.807) is 0 Å². The normalized spacial score (nSPS) is 27.2. The Hall–Kier alpha value is -1.01. The van der Waals surface area contributed by atoms with Gasteiger partial charge in [0.1, 0.15) is 10.6 Å². The summed E-state index contributed by atoms with van der Waals surface area (Å²) in [6.07, 6.45) is 4.23. The van der Waals surface area contributed by atoms with Crippen molar-refractivity contribution >= 4 is 25.6 Å². The second-order valence-electron chi connectivity index (χ2n) is 5.62. The van der Waals surface area contributed by atoms with E-state index in [0.29, 0.717) is 11.8 Å². The van der Waals surface area contributed by atoms with Gasteiger partial charge in [0.25, 0.3) is 15.0 Å². The van der Waals surface area contributed by atoms with Crippen LogP contribution in [-0.2, 0) is 9.05 Å². The van der Waals surface area contributed by atoms with Crippen molar-refractivity contribution in [2.24, 2.45) is 11.8 Å². The highest BCUT2D eigenvalue weighted by atomic mass is 35.7. The fraction of sp³-hybridized carbons (Fsp3) is 0.615. The Balaban J connectivity index is 2.00. The van der Waals surface area contributed by atoms with Gasteiger partial charge in [-0.3, -0.25) is 4.79 Å². The van der Waals surface area contributed by atoms with Crippen molar-refractivity contribution in [1.82, 2.24) is 10.3 Å². The summed E-state index contributed by atoms with van der Waals surface area (Å²) < 4.78 is 22.3. The number of nitrogens with one attached hydrogen (secondary N) is 2. The number of halogens is 1. The molecule has 1 heterocycles. The van der Waals surface area contributed by atoms with E-state index in [9.17, 15) is 13.2 Å². The summed E-state index contributed by atoms with van der Waals surface area (Å²) in [4.78, 5) is 14.6. The Bertz CT molecular complexity index is 597. The number of hydrogen-bond acceptors (Lipinski definition) is 3. The molecule has 0 radical (unpaired) electrons. The number of carbonyl (C=O) groups excluding carboxylic acids is 1. The van der Waals surface area contributed by atoms with Crippen molar-refractivity contribution in [3.63, 3.8) is 0 Å². The molecule has 1 aromatic rings. The molecule has 0 bridgehead atoms. The molecule has 20 heavy (non-hydrogen) atoms. The minimum atomic E-state index is -3.80. The number of rotatable bonds is 3. The lowest BCUT2D eigenvalue weighted by molar-refractivity contribution is 0.0906. The molecule has 3 unspecified atom stereocenters. The third-order valence-electron chi connectivity index (χ3n) is 4.12. The van der Waals surface area contributed by atoms with Crippen LogP contribution in [0.25, 0.3) is 0 Å². The summed E-state index contributed by atoms with van der Waals surface area (Å²) in [7, 11) is 1.42. The average Bonchev–Trinajstić information content (AvgIpc) is 2.83. The van der Waals surface area contributed by atoms with Crippen LogP contribution in [0.3, 0.4) is 0 Å². The number of hydrogen-bond donors (Lipinski definition) is 2. The highest BCUT2D eigenvalue weighted by Gasteiger charge is 2.26. The minimum absolute atomic E-state index is 0.0880. The van der Waals surface area contributed by atoms with Crippen LogP contribution in [0.1, 0.15) is 43.6 Å². The molecule has 5 nitrogen and oxygen atoms in total. The Kier molecular flexibility index (Phi) is 4.44. The molecule has 0 saturated heterocycles. The maximum atomic E-state index is 12.1. The maximum absolute atomic E-state index is 12.1. The number of aromatic nitrogens is 1. The summed E-state index contributed by atoms with van der Waals surface area (Å²) in [5.41, 5.74) is 0.218. The van der Waals surface area contributed by atoms with Gasteiger partial charge in [0.15, 0.2) is 0 Å². The first-order chi connectivity index (χ1) is 9.27. The summed E-state index contributed by atoms with van der Waals surface area (Å²) in [6, 6.07) is 1.40. The van der Waals surface area contributed by atoms with Gasteiger partial charge in [-0.25, -0.2) is 8.42 Å². The third-order valence-corrected chi connectivity index (χ3v) is 5.45. The Morgan fingerprint density at radius 3 is 2.60 bits per heavy atom. The largest absolute Gasteiger partial charge is 0.356 e. The molecule has 7 heteroatoms. The van der Waals surface area contributed by atoms with Gasteiger partial charge in [0.05, 0.1) is 0 Å². The molecule has 2 rings (SSSR count). The predicted molar refractivity (Wildman–Crippen MR) is 77.3 cm³/mol. The molecule has 1 aliphatic rings. The molecule has 1 amide bonds. The van der Waals surface area contributed by atoms with Gasteiger partial charge < -0.3 is 10.3 Å². The van der Waals surface area contributed by atoms with E-state index < -0.39 is 9.05 Å². The molecule has 0 aromatic carbocycles. The van der Waals surface area contributed by atoms with E-state index in [1.807, 2.05) is 0 Å². The van der Waals surface area contributed by atoms with Crippen LogP contribution < -0.4 is 5.32 Å². The van der Waals surface area contributed by atoms with E-state index in [1.165, 1.54) is 12.3 Å². The van der Waals surface area contributed by atoms with Crippen LogP contribution in [0.5, 0.6) is 0 Å². The molecular weight excluding hydrogens is 300 g/mol. The Morgan fingerprint density at radius 1 is 1.35 bits per heavy atom. The zero-order chi connectivity index (χ0) is 14.9. The SMILES string of the molecule is CC1CCC(NC(=O)c2cc(S(=O)(=O)Cl)c[nH]2)CC1C.